The molecule has 1 aliphatic heterocycles. The third-order valence-electron chi connectivity index (χ3n) is 3.34. The highest BCUT2D eigenvalue weighted by Crippen LogP contribution is 2.33. The van der Waals surface area contributed by atoms with E-state index in [1.165, 1.54) is 6.42 Å². The summed E-state index contributed by atoms with van der Waals surface area (Å²) < 4.78 is 0. The van der Waals surface area contributed by atoms with Crippen LogP contribution in [0.4, 0.5) is 0 Å². The fourth-order valence-corrected chi connectivity index (χ4v) is 2.62. The Morgan fingerprint density at radius 3 is 2.94 bits per heavy atom. The monoisotopic (exact) mass is 218 g/mol. The second-order valence-electron chi connectivity index (χ2n) is 4.51. The normalized spacial score (nSPS) is 25.5. The molecule has 1 saturated heterocycles. The lowest BCUT2D eigenvalue weighted by atomic mass is 9.92. The van der Waals surface area contributed by atoms with E-state index in [0.717, 1.165) is 18.4 Å². The van der Waals surface area contributed by atoms with E-state index >= 15 is 0 Å². The van der Waals surface area contributed by atoms with Crippen LogP contribution in [0.15, 0.2) is 24.5 Å². The van der Waals surface area contributed by atoms with Crippen molar-refractivity contribution in [1.82, 2.24) is 9.88 Å². The zero-order chi connectivity index (χ0) is 11.5. The molecule has 0 unspecified atom stereocenters. The molecule has 1 aromatic rings. The van der Waals surface area contributed by atoms with Crippen molar-refractivity contribution in [3.05, 3.63) is 30.1 Å². The summed E-state index contributed by atoms with van der Waals surface area (Å²) in [6.07, 6.45) is 6.99. The van der Waals surface area contributed by atoms with Crippen LogP contribution in [0.5, 0.6) is 0 Å². The first-order valence-corrected chi connectivity index (χ1v) is 5.89. The van der Waals surface area contributed by atoms with Crippen molar-refractivity contribution < 1.29 is 4.79 Å². The predicted molar refractivity (Wildman–Crippen MR) is 62.8 cm³/mol. The Hall–Kier alpha value is -1.38. The molecule has 2 heterocycles. The van der Waals surface area contributed by atoms with Crippen LogP contribution in [0.2, 0.25) is 0 Å². The van der Waals surface area contributed by atoms with Crippen LogP contribution in [0.3, 0.4) is 0 Å². The maximum Gasteiger partial charge on any atom is 0.220 e. The van der Waals surface area contributed by atoms with Gasteiger partial charge < -0.3 is 4.90 Å². The molecule has 3 nitrogen and oxygen atoms in total. The van der Waals surface area contributed by atoms with Crippen molar-refractivity contribution in [2.75, 3.05) is 0 Å². The molecule has 0 aliphatic carbocycles. The molecule has 2 rings (SSSR count). The highest BCUT2D eigenvalue weighted by molar-refractivity contribution is 5.74. The van der Waals surface area contributed by atoms with Gasteiger partial charge in [-0.25, -0.2) is 0 Å². The number of hydrogen-bond donors (Lipinski definition) is 0. The fraction of sp³-hybridized carbons (Fsp3) is 0.538. The van der Waals surface area contributed by atoms with Crippen LogP contribution in [-0.4, -0.2) is 21.8 Å². The molecule has 0 aromatic carbocycles. The fourth-order valence-electron chi connectivity index (χ4n) is 2.62. The van der Waals surface area contributed by atoms with Crippen LogP contribution < -0.4 is 0 Å². The van der Waals surface area contributed by atoms with Gasteiger partial charge in [0.05, 0.1) is 6.04 Å². The average Bonchev–Trinajstić information content (AvgIpc) is 2.29. The van der Waals surface area contributed by atoms with E-state index in [1.54, 1.807) is 13.1 Å². The van der Waals surface area contributed by atoms with E-state index < -0.39 is 0 Å². The van der Waals surface area contributed by atoms with Gasteiger partial charge in [0.2, 0.25) is 5.91 Å². The molecule has 1 fully saturated rings. The largest absolute Gasteiger partial charge is 0.333 e. The quantitative estimate of drug-likeness (QED) is 0.725. The Labute approximate surface area is 96.5 Å². The van der Waals surface area contributed by atoms with Gasteiger partial charge in [0, 0.05) is 25.4 Å². The number of pyridine rings is 1. The SMILES string of the molecule is CC(=O)N1[C@H](C)CCC[C@@H]1c1cccnc1. The number of hydrogen-bond acceptors (Lipinski definition) is 2. The van der Waals surface area contributed by atoms with Gasteiger partial charge in [-0.1, -0.05) is 6.07 Å². The van der Waals surface area contributed by atoms with Gasteiger partial charge in [-0.05, 0) is 37.8 Å². The van der Waals surface area contributed by atoms with Gasteiger partial charge in [-0.3, -0.25) is 9.78 Å². The maximum atomic E-state index is 11.7. The van der Waals surface area contributed by atoms with E-state index in [2.05, 4.69) is 18.0 Å². The zero-order valence-electron chi connectivity index (χ0n) is 9.89. The summed E-state index contributed by atoms with van der Waals surface area (Å²) in [6, 6.07) is 4.56. The Morgan fingerprint density at radius 1 is 1.50 bits per heavy atom. The van der Waals surface area contributed by atoms with Gasteiger partial charge >= 0.3 is 0 Å². The lowest BCUT2D eigenvalue weighted by molar-refractivity contribution is -0.135. The molecule has 0 bridgehead atoms. The van der Waals surface area contributed by atoms with Crippen molar-refractivity contribution in [3.8, 4) is 0 Å². The standard InChI is InChI=1S/C13H18N2O/c1-10-5-3-7-13(15(10)11(2)16)12-6-4-8-14-9-12/h4,6,8-10,13H,3,5,7H2,1-2H3/t10-,13-/m1/s1. The number of piperidine rings is 1. The molecular weight excluding hydrogens is 200 g/mol. The number of rotatable bonds is 1. The van der Waals surface area contributed by atoms with Crippen molar-refractivity contribution in [2.45, 2.75) is 45.2 Å². The zero-order valence-corrected chi connectivity index (χ0v) is 9.89. The predicted octanol–water partition coefficient (Wildman–Crippen LogP) is 2.54. The lowest BCUT2D eigenvalue weighted by Gasteiger charge is -2.40. The third kappa shape index (κ3) is 2.08. The first-order chi connectivity index (χ1) is 7.70. The number of aromatic nitrogens is 1. The first-order valence-electron chi connectivity index (χ1n) is 5.89. The minimum atomic E-state index is 0.168. The van der Waals surface area contributed by atoms with Gasteiger partial charge in [0.1, 0.15) is 0 Å². The molecule has 1 aliphatic rings. The Balaban J connectivity index is 2.27. The molecule has 0 spiro atoms. The smallest absolute Gasteiger partial charge is 0.220 e. The summed E-state index contributed by atoms with van der Waals surface area (Å²) in [4.78, 5) is 17.8. The molecule has 3 heteroatoms. The average molecular weight is 218 g/mol. The second kappa shape index (κ2) is 4.64. The van der Waals surface area contributed by atoms with E-state index in [1.807, 2.05) is 17.2 Å². The van der Waals surface area contributed by atoms with E-state index in [0.29, 0.717) is 6.04 Å². The summed E-state index contributed by atoms with van der Waals surface area (Å²) in [7, 11) is 0. The van der Waals surface area contributed by atoms with Crippen LogP contribution in [-0.2, 0) is 4.79 Å². The third-order valence-corrected chi connectivity index (χ3v) is 3.34. The first kappa shape index (κ1) is 11.1. The van der Waals surface area contributed by atoms with Crippen LogP contribution in [0, 0.1) is 0 Å². The molecule has 0 radical (unpaired) electrons. The number of nitrogens with zero attached hydrogens (tertiary/aromatic N) is 2. The molecule has 0 N–H and O–H groups in total. The second-order valence-corrected chi connectivity index (χ2v) is 4.51. The lowest BCUT2D eigenvalue weighted by Crippen LogP contribution is -2.43. The summed E-state index contributed by atoms with van der Waals surface area (Å²) >= 11 is 0. The van der Waals surface area contributed by atoms with Crippen LogP contribution in [0.25, 0.3) is 0 Å². The summed E-state index contributed by atoms with van der Waals surface area (Å²) in [5, 5.41) is 0. The molecule has 2 atom stereocenters. The minimum absolute atomic E-state index is 0.168. The van der Waals surface area contributed by atoms with Gasteiger partial charge in [-0.2, -0.15) is 0 Å². The van der Waals surface area contributed by atoms with E-state index in [4.69, 9.17) is 0 Å². The van der Waals surface area contributed by atoms with Gasteiger partial charge in [0.15, 0.2) is 0 Å². The summed E-state index contributed by atoms with van der Waals surface area (Å²) in [5.74, 6) is 0.168. The van der Waals surface area contributed by atoms with Crippen molar-refractivity contribution in [3.63, 3.8) is 0 Å². The minimum Gasteiger partial charge on any atom is -0.333 e. The summed E-state index contributed by atoms with van der Waals surface area (Å²) in [5.41, 5.74) is 1.16. The number of carbonyl (C=O) groups excluding carboxylic acids is 1. The molecular formula is C13H18N2O. The van der Waals surface area contributed by atoms with Gasteiger partial charge in [-0.15, -0.1) is 0 Å². The van der Waals surface area contributed by atoms with Crippen molar-refractivity contribution in [2.24, 2.45) is 0 Å². The highest BCUT2D eigenvalue weighted by atomic mass is 16.2. The maximum absolute atomic E-state index is 11.7. The molecule has 1 aromatic heterocycles. The Bertz CT molecular complexity index is 363. The molecule has 16 heavy (non-hydrogen) atoms. The van der Waals surface area contributed by atoms with Crippen molar-refractivity contribution in [1.29, 1.82) is 0 Å². The topological polar surface area (TPSA) is 33.2 Å². The highest BCUT2D eigenvalue weighted by Gasteiger charge is 2.30. The molecule has 0 saturated carbocycles. The molecule has 86 valence electrons. The van der Waals surface area contributed by atoms with E-state index in [9.17, 15) is 4.79 Å². The van der Waals surface area contributed by atoms with E-state index in [-0.39, 0.29) is 11.9 Å². The molecule has 1 amide bonds. The number of carbonyl (C=O) groups is 1. The Morgan fingerprint density at radius 2 is 2.31 bits per heavy atom. The summed E-state index contributed by atoms with van der Waals surface area (Å²) in [6.45, 7) is 3.79. The Kier molecular flexibility index (Phi) is 3.22. The number of likely N-dealkylation sites (tertiary alicyclic amines) is 1. The van der Waals surface area contributed by atoms with Crippen LogP contribution in [0.1, 0.15) is 44.7 Å². The van der Waals surface area contributed by atoms with Crippen LogP contribution >= 0.6 is 0 Å². The van der Waals surface area contributed by atoms with Gasteiger partial charge in [0.25, 0.3) is 0 Å². The van der Waals surface area contributed by atoms with Crippen molar-refractivity contribution >= 4 is 5.91 Å². The number of amides is 1.